The number of nitrogens with zero attached hydrogens (tertiary/aromatic N) is 2. The Morgan fingerprint density at radius 1 is 1.50 bits per heavy atom. The van der Waals surface area contributed by atoms with Crippen molar-refractivity contribution < 1.29 is 19.0 Å². The second-order valence-electron chi connectivity index (χ2n) is 3.94. The lowest BCUT2D eigenvalue weighted by Gasteiger charge is -2.13. The van der Waals surface area contributed by atoms with E-state index in [0.717, 1.165) is 11.7 Å². The molecule has 0 aliphatic rings. The number of halogens is 1. The summed E-state index contributed by atoms with van der Waals surface area (Å²) < 4.78 is 30.9. The minimum Gasteiger partial charge on any atom is -0.494 e. The molecule has 0 saturated heterocycles. The number of aliphatic hydroxyl groups is 1. The summed E-state index contributed by atoms with van der Waals surface area (Å²) in [5, 5.41) is 12.7. The molecule has 0 spiro atoms. The Morgan fingerprint density at radius 2 is 2.35 bits per heavy atom. The zero-order chi connectivity index (χ0) is 14.4. The molecule has 1 atom stereocenters. The summed E-state index contributed by atoms with van der Waals surface area (Å²) in [4.78, 5) is 0. The molecule has 0 saturated carbocycles. The summed E-state index contributed by atoms with van der Waals surface area (Å²) in [7, 11) is 1.40. The molecule has 1 aromatic carbocycles. The Kier molecular flexibility index (Phi) is 5.08. The van der Waals surface area contributed by atoms with Crippen molar-refractivity contribution >= 4 is 17.4 Å². The third-order valence-corrected chi connectivity index (χ3v) is 2.92. The molecule has 0 fully saturated rings. The predicted molar refractivity (Wildman–Crippen MR) is 72.9 cm³/mol. The van der Waals surface area contributed by atoms with Gasteiger partial charge in [-0.15, -0.1) is 4.37 Å². The fourth-order valence-corrected chi connectivity index (χ4v) is 1.83. The van der Waals surface area contributed by atoms with Crippen LogP contribution in [0.1, 0.15) is 0 Å². The van der Waals surface area contributed by atoms with Gasteiger partial charge in [-0.05, 0) is 12.1 Å². The third-order valence-electron chi connectivity index (χ3n) is 2.46. The first-order valence-corrected chi connectivity index (χ1v) is 6.58. The van der Waals surface area contributed by atoms with Crippen molar-refractivity contribution in [3.63, 3.8) is 0 Å². The topological polar surface area (TPSA) is 76.5 Å². The molecule has 2 N–H and O–H groups in total. The molecule has 6 nitrogen and oxygen atoms in total. The highest BCUT2D eigenvalue weighted by Crippen LogP contribution is 2.21. The zero-order valence-corrected chi connectivity index (χ0v) is 11.6. The molecule has 2 rings (SSSR count). The number of benzene rings is 1. The van der Waals surface area contributed by atoms with Crippen LogP contribution >= 0.6 is 11.7 Å². The highest BCUT2D eigenvalue weighted by atomic mass is 32.1. The van der Waals surface area contributed by atoms with Crippen LogP contribution in [0.4, 0.5) is 10.1 Å². The average molecular weight is 299 g/mol. The van der Waals surface area contributed by atoms with E-state index in [4.69, 9.17) is 9.47 Å². The first-order valence-electron chi connectivity index (χ1n) is 5.85. The van der Waals surface area contributed by atoms with Gasteiger partial charge < -0.3 is 19.9 Å². The number of aliphatic hydroxyl groups excluding tert-OH is 1. The normalized spacial score (nSPS) is 11.9. The summed E-state index contributed by atoms with van der Waals surface area (Å²) in [5.41, 5.74) is 0.651. The lowest BCUT2D eigenvalue weighted by molar-refractivity contribution is 0.115. The van der Waals surface area contributed by atoms with Crippen LogP contribution in [0.15, 0.2) is 24.4 Å². The van der Waals surface area contributed by atoms with Crippen LogP contribution in [-0.4, -0.2) is 40.2 Å². The molecule has 0 bridgehead atoms. The van der Waals surface area contributed by atoms with E-state index in [9.17, 15) is 9.50 Å². The summed E-state index contributed by atoms with van der Waals surface area (Å²) in [6.07, 6.45) is 0.753. The maximum Gasteiger partial charge on any atom is 0.245 e. The number of methoxy groups -OCH3 is 1. The molecule has 1 aromatic heterocycles. The van der Waals surface area contributed by atoms with Crippen molar-refractivity contribution in [1.82, 2.24) is 8.75 Å². The Bertz CT molecular complexity index is 539. The molecule has 0 aliphatic carbocycles. The van der Waals surface area contributed by atoms with Crippen LogP contribution in [0.25, 0.3) is 0 Å². The Balaban J connectivity index is 1.79. The Hall–Kier alpha value is -1.93. The maximum atomic E-state index is 13.2. The van der Waals surface area contributed by atoms with Gasteiger partial charge in [0.15, 0.2) is 11.6 Å². The van der Waals surface area contributed by atoms with Gasteiger partial charge >= 0.3 is 0 Å². The minimum absolute atomic E-state index is 0.0940. The largest absolute Gasteiger partial charge is 0.494 e. The fourth-order valence-electron chi connectivity index (χ4n) is 1.47. The van der Waals surface area contributed by atoms with E-state index >= 15 is 0 Å². The van der Waals surface area contributed by atoms with Gasteiger partial charge in [0.1, 0.15) is 18.9 Å². The lowest BCUT2D eigenvalue weighted by atomic mass is 10.2. The molecule has 108 valence electrons. The van der Waals surface area contributed by atoms with Crippen LogP contribution in [0.3, 0.4) is 0 Å². The van der Waals surface area contributed by atoms with E-state index in [1.807, 2.05) is 0 Å². The van der Waals surface area contributed by atoms with Crippen LogP contribution in [-0.2, 0) is 0 Å². The Labute approximate surface area is 119 Å². The first kappa shape index (κ1) is 14.5. The van der Waals surface area contributed by atoms with Crippen LogP contribution in [0.2, 0.25) is 0 Å². The Morgan fingerprint density at radius 3 is 3.05 bits per heavy atom. The molecule has 1 heterocycles. The molecule has 2 aromatic rings. The lowest BCUT2D eigenvalue weighted by Crippen LogP contribution is -2.26. The number of anilines is 1. The van der Waals surface area contributed by atoms with Gasteiger partial charge in [0.2, 0.25) is 5.88 Å². The van der Waals surface area contributed by atoms with E-state index in [1.54, 1.807) is 6.07 Å². The van der Waals surface area contributed by atoms with Gasteiger partial charge in [0.25, 0.3) is 0 Å². The quantitative estimate of drug-likeness (QED) is 0.807. The van der Waals surface area contributed by atoms with Crippen LogP contribution in [0, 0.1) is 5.82 Å². The van der Waals surface area contributed by atoms with Crippen molar-refractivity contribution in [3.8, 4) is 11.6 Å². The summed E-state index contributed by atoms with van der Waals surface area (Å²) in [6.45, 7) is 0.350. The first-order chi connectivity index (χ1) is 9.69. The van der Waals surface area contributed by atoms with E-state index in [-0.39, 0.29) is 18.9 Å². The summed E-state index contributed by atoms with van der Waals surface area (Å²) in [6, 6.07) is 4.38. The highest BCUT2D eigenvalue weighted by Gasteiger charge is 2.08. The molecule has 0 amide bonds. The second-order valence-corrected chi connectivity index (χ2v) is 4.50. The van der Waals surface area contributed by atoms with Crippen molar-refractivity contribution in [2.45, 2.75) is 6.10 Å². The number of hydrogen-bond donors (Lipinski definition) is 2. The number of rotatable bonds is 7. The standard InChI is InChI=1S/C12H14FN3O3S/c1-18-11-4-8(2-3-10(11)13)14-5-9(17)7-19-12-6-15-20-16-12/h2-4,6,9,14,17H,5,7H2,1H3. The molecular weight excluding hydrogens is 285 g/mol. The molecule has 20 heavy (non-hydrogen) atoms. The number of hydrogen-bond acceptors (Lipinski definition) is 7. The smallest absolute Gasteiger partial charge is 0.245 e. The molecular formula is C12H14FN3O3S. The second kappa shape index (κ2) is 7.01. The zero-order valence-electron chi connectivity index (χ0n) is 10.7. The van der Waals surface area contributed by atoms with Crippen molar-refractivity contribution in [2.75, 3.05) is 25.6 Å². The highest BCUT2D eigenvalue weighted by molar-refractivity contribution is 6.99. The third kappa shape index (κ3) is 4.04. The van der Waals surface area contributed by atoms with Gasteiger partial charge in [-0.1, -0.05) is 0 Å². The predicted octanol–water partition coefficient (Wildman–Crippen LogP) is 1.54. The molecule has 0 aliphatic heterocycles. The van der Waals surface area contributed by atoms with Gasteiger partial charge in [-0.25, -0.2) is 4.39 Å². The van der Waals surface area contributed by atoms with E-state index in [2.05, 4.69) is 14.1 Å². The van der Waals surface area contributed by atoms with Gasteiger partial charge in [0, 0.05) is 18.3 Å². The van der Waals surface area contributed by atoms with Gasteiger partial charge in [-0.3, -0.25) is 0 Å². The number of nitrogens with one attached hydrogen (secondary N) is 1. The van der Waals surface area contributed by atoms with E-state index in [0.29, 0.717) is 11.6 Å². The molecule has 1 unspecified atom stereocenters. The number of aromatic nitrogens is 2. The summed E-state index contributed by atoms with van der Waals surface area (Å²) in [5.74, 6) is 0.102. The fraction of sp³-hybridized carbons (Fsp3) is 0.333. The van der Waals surface area contributed by atoms with Gasteiger partial charge in [-0.2, -0.15) is 4.37 Å². The number of ether oxygens (including phenoxy) is 2. The maximum absolute atomic E-state index is 13.2. The average Bonchev–Trinajstić information content (AvgIpc) is 2.97. The molecule has 0 radical (unpaired) electrons. The summed E-state index contributed by atoms with van der Waals surface area (Å²) >= 11 is 1.04. The minimum atomic E-state index is -0.729. The van der Waals surface area contributed by atoms with Crippen molar-refractivity contribution in [3.05, 3.63) is 30.2 Å². The monoisotopic (exact) mass is 299 g/mol. The van der Waals surface area contributed by atoms with Gasteiger partial charge in [0.05, 0.1) is 18.8 Å². The van der Waals surface area contributed by atoms with E-state index in [1.165, 1.54) is 25.4 Å². The van der Waals surface area contributed by atoms with Crippen molar-refractivity contribution in [2.24, 2.45) is 0 Å². The molecule has 8 heteroatoms. The van der Waals surface area contributed by atoms with Crippen molar-refractivity contribution in [1.29, 1.82) is 0 Å². The SMILES string of the molecule is COc1cc(NCC(O)COc2cnsn2)ccc1F. The van der Waals surface area contributed by atoms with Crippen LogP contribution in [0.5, 0.6) is 11.6 Å². The van der Waals surface area contributed by atoms with Crippen LogP contribution < -0.4 is 14.8 Å². The van der Waals surface area contributed by atoms with E-state index < -0.39 is 11.9 Å².